The van der Waals surface area contributed by atoms with Gasteiger partial charge in [0.05, 0.1) is 11.7 Å². The molecule has 0 radical (unpaired) electrons. The first-order chi connectivity index (χ1) is 8.86. The molecule has 0 aliphatic heterocycles. The van der Waals surface area contributed by atoms with Crippen LogP contribution in [0.3, 0.4) is 0 Å². The molecule has 0 amide bonds. The minimum absolute atomic E-state index is 0.184. The monoisotopic (exact) mass is 286 g/mol. The van der Waals surface area contributed by atoms with E-state index in [1.54, 1.807) is 12.1 Å². The lowest BCUT2D eigenvalue weighted by molar-refractivity contribution is -0.137. The van der Waals surface area contributed by atoms with E-state index in [9.17, 15) is 18.3 Å². The highest BCUT2D eigenvalue weighted by atomic mass is 32.1. The summed E-state index contributed by atoms with van der Waals surface area (Å²) >= 11 is 1.45. The number of aryl methyl sites for hydroxylation is 1. The van der Waals surface area contributed by atoms with E-state index < -0.39 is 17.8 Å². The highest BCUT2D eigenvalue weighted by Gasteiger charge is 2.30. The Morgan fingerprint density at radius 1 is 1.21 bits per heavy atom. The zero-order valence-electron chi connectivity index (χ0n) is 10.2. The van der Waals surface area contributed by atoms with Crippen LogP contribution in [0.15, 0.2) is 36.4 Å². The summed E-state index contributed by atoms with van der Waals surface area (Å²) in [5.41, 5.74) is -0.201. The molecular weight excluding hydrogens is 273 g/mol. The summed E-state index contributed by atoms with van der Waals surface area (Å²) in [7, 11) is 0. The molecule has 5 heteroatoms. The van der Waals surface area contributed by atoms with Gasteiger partial charge in [0.1, 0.15) is 0 Å². The zero-order chi connectivity index (χ0) is 14.0. The van der Waals surface area contributed by atoms with Gasteiger partial charge < -0.3 is 5.11 Å². The molecule has 2 aromatic rings. The van der Waals surface area contributed by atoms with E-state index >= 15 is 0 Å². The molecule has 0 fully saturated rings. The van der Waals surface area contributed by atoms with Crippen molar-refractivity contribution in [1.82, 2.24) is 0 Å². The van der Waals surface area contributed by atoms with Crippen LogP contribution >= 0.6 is 11.3 Å². The smallest absolute Gasteiger partial charge is 0.387 e. The molecule has 0 aliphatic carbocycles. The van der Waals surface area contributed by atoms with Gasteiger partial charge in [0.25, 0.3) is 0 Å². The molecule has 19 heavy (non-hydrogen) atoms. The fraction of sp³-hybridized carbons (Fsp3) is 0.286. The molecule has 1 aromatic carbocycles. The van der Waals surface area contributed by atoms with E-state index in [4.69, 9.17) is 0 Å². The van der Waals surface area contributed by atoms with E-state index in [-0.39, 0.29) is 6.42 Å². The summed E-state index contributed by atoms with van der Waals surface area (Å²) in [6.07, 6.45) is -4.92. The number of thiophene rings is 1. The maximum absolute atomic E-state index is 12.6. The summed E-state index contributed by atoms with van der Waals surface area (Å²) in [6, 6.07) is 8.77. The lowest BCUT2D eigenvalue weighted by atomic mass is 10.0. The molecule has 0 saturated heterocycles. The number of rotatable bonds is 3. The Kier molecular flexibility index (Phi) is 3.96. The maximum Gasteiger partial charge on any atom is 0.416 e. The Bertz CT molecular complexity index is 560. The van der Waals surface area contributed by atoms with Crippen molar-refractivity contribution >= 4 is 11.3 Å². The molecule has 102 valence electrons. The molecule has 1 heterocycles. The number of hydrogen-bond donors (Lipinski definition) is 1. The molecule has 1 nitrogen and oxygen atoms in total. The lowest BCUT2D eigenvalue weighted by Gasteiger charge is -2.11. The topological polar surface area (TPSA) is 20.2 Å². The minimum Gasteiger partial charge on any atom is -0.387 e. The largest absolute Gasteiger partial charge is 0.416 e. The third-order valence-electron chi connectivity index (χ3n) is 2.77. The van der Waals surface area contributed by atoms with Gasteiger partial charge in [-0.05, 0) is 30.7 Å². The second kappa shape index (κ2) is 5.35. The van der Waals surface area contributed by atoms with Crippen molar-refractivity contribution in [1.29, 1.82) is 0 Å². The molecule has 1 N–H and O–H groups in total. The number of alkyl halides is 3. The van der Waals surface area contributed by atoms with E-state index in [0.717, 1.165) is 21.9 Å². The molecule has 0 aliphatic rings. The molecule has 1 unspecified atom stereocenters. The van der Waals surface area contributed by atoms with Gasteiger partial charge in [0, 0.05) is 16.2 Å². The van der Waals surface area contributed by atoms with Crippen LogP contribution in [0.2, 0.25) is 0 Å². The van der Waals surface area contributed by atoms with Crippen molar-refractivity contribution < 1.29 is 18.3 Å². The average Bonchev–Trinajstić information content (AvgIpc) is 2.75. The van der Waals surface area contributed by atoms with Gasteiger partial charge in [-0.2, -0.15) is 13.2 Å². The predicted octanol–water partition coefficient (Wildman–Crippen LogP) is 4.35. The Morgan fingerprint density at radius 2 is 1.95 bits per heavy atom. The summed E-state index contributed by atoms with van der Waals surface area (Å²) in [5.74, 6) is 0. The quantitative estimate of drug-likeness (QED) is 0.889. The number of hydrogen-bond acceptors (Lipinski definition) is 2. The predicted molar refractivity (Wildman–Crippen MR) is 69.2 cm³/mol. The summed E-state index contributed by atoms with van der Waals surface area (Å²) in [5, 5.41) is 10.0. The van der Waals surface area contributed by atoms with Gasteiger partial charge in [-0.25, -0.2) is 0 Å². The van der Waals surface area contributed by atoms with E-state index in [1.165, 1.54) is 17.4 Å². The molecule has 0 spiro atoms. The van der Waals surface area contributed by atoms with E-state index in [0.29, 0.717) is 5.56 Å². The van der Waals surface area contributed by atoms with Crippen LogP contribution in [-0.4, -0.2) is 5.11 Å². The van der Waals surface area contributed by atoms with Crippen LogP contribution in [0.1, 0.15) is 27.0 Å². The van der Waals surface area contributed by atoms with Gasteiger partial charge in [0.15, 0.2) is 0 Å². The fourth-order valence-corrected chi connectivity index (χ4v) is 2.69. The Labute approximate surface area is 113 Å². The second-order valence-electron chi connectivity index (χ2n) is 4.37. The van der Waals surface area contributed by atoms with Crippen LogP contribution < -0.4 is 0 Å². The van der Waals surface area contributed by atoms with Crippen molar-refractivity contribution in [2.75, 3.05) is 0 Å². The molecule has 0 saturated carbocycles. The van der Waals surface area contributed by atoms with Crippen LogP contribution in [0.4, 0.5) is 13.2 Å². The summed E-state index contributed by atoms with van der Waals surface area (Å²) in [6.45, 7) is 1.92. The summed E-state index contributed by atoms with van der Waals surface area (Å²) < 4.78 is 37.7. The second-order valence-corrected chi connectivity index (χ2v) is 5.69. The standard InChI is InChI=1S/C14H13F3OS/c1-9-5-6-13(19-9)12(18)8-10-3-2-4-11(7-10)14(15,16)17/h2-7,12,18H,8H2,1H3. The van der Waals surface area contributed by atoms with E-state index in [2.05, 4.69) is 0 Å². The molecular formula is C14H13F3OS. The van der Waals surface area contributed by atoms with Crippen LogP contribution in [-0.2, 0) is 12.6 Å². The highest BCUT2D eigenvalue weighted by Crippen LogP contribution is 2.31. The van der Waals surface area contributed by atoms with E-state index in [1.807, 2.05) is 13.0 Å². The molecule has 0 bridgehead atoms. The lowest BCUT2D eigenvalue weighted by Crippen LogP contribution is -2.06. The van der Waals surface area contributed by atoms with Gasteiger partial charge in [-0.15, -0.1) is 11.3 Å². The fourth-order valence-electron chi connectivity index (χ4n) is 1.83. The third kappa shape index (κ3) is 3.58. The zero-order valence-corrected chi connectivity index (χ0v) is 11.1. The first-order valence-corrected chi connectivity index (χ1v) is 6.58. The van der Waals surface area contributed by atoms with Gasteiger partial charge in [0.2, 0.25) is 0 Å². The normalized spacial score (nSPS) is 13.5. The third-order valence-corrected chi connectivity index (χ3v) is 3.87. The molecule has 2 rings (SSSR count). The molecule has 1 atom stereocenters. The Hall–Kier alpha value is -1.33. The first kappa shape index (κ1) is 14.1. The first-order valence-electron chi connectivity index (χ1n) is 5.77. The van der Waals surface area contributed by atoms with Crippen molar-refractivity contribution in [3.8, 4) is 0 Å². The highest BCUT2D eigenvalue weighted by molar-refractivity contribution is 7.12. The number of benzene rings is 1. The summed E-state index contributed by atoms with van der Waals surface area (Å²) in [4.78, 5) is 1.84. The van der Waals surface area contributed by atoms with Crippen LogP contribution in [0, 0.1) is 6.92 Å². The number of aliphatic hydroxyl groups is 1. The van der Waals surface area contributed by atoms with Gasteiger partial charge in [-0.1, -0.05) is 18.2 Å². The van der Waals surface area contributed by atoms with Crippen molar-refractivity contribution in [2.24, 2.45) is 0 Å². The van der Waals surface area contributed by atoms with Gasteiger partial charge in [-0.3, -0.25) is 0 Å². The SMILES string of the molecule is Cc1ccc(C(O)Cc2cccc(C(F)(F)F)c2)s1. The Morgan fingerprint density at radius 3 is 2.53 bits per heavy atom. The minimum atomic E-state index is -4.35. The maximum atomic E-state index is 12.6. The van der Waals surface area contributed by atoms with Crippen molar-refractivity contribution in [3.63, 3.8) is 0 Å². The molecule has 1 aromatic heterocycles. The van der Waals surface area contributed by atoms with Gasteiger partial charge >= 0.3 is 6.18 Å². The van der Waals surface area contributed by atoms with Crippen LogP contribution in [0.5, 0.6) is 0 Å². The van der Waals surface area contributed by atoms with Crippen molar-refractivity contribution in [3.05, 3.63) is 57.3 Å². The average molecular weight is 286 g/mol. The van der Waals surface area contributed by atoms with Crippen LogP contribution in [0.25, 0.3) is 0 Å². The number of aliphatic hydroxyl groups excluding tert-OH is 1. The Balaban J connectivity index is 2.15. The van der Waals surface area contributed by atoms with Crippen molar-refractivity contribution in [2.45, 2.75) is 25.6 Å². The number of halogens is 3.